The number of hydrogen-bond donors (Lipinski definition) is 1. The largest absolute Gasteiger partial charge is 0.330 e. The van der Waals surface area contributed by atoms with Gasteiger partial charge in [0.05, 0.1) is 0 Å². The number of rotatable bonds is 4. The van der Waals surface area contributed by atoms with Crippen LogP contribution in [0.3, 0.4) is 0 Å². The molecular formula is C14H21IN2. The molecule has 1 aliphatic heterocycles. The van der Waals surface area contributed by atoms with Gasteiger partial charge in [-0.2, -0.15) is 0 Å². The van der Waals surface area contributed by atoms with E-state index in [9.17, 15) is 0 Å². The minimum atomic E-state index is 0.702. The van der Waals surface area contributed by atoms with E-state index < -0.39 is 0 Å². The maximum atomic E-state index is 5.71. The fraction of sp³-hybridized carbons (Fsp3) is 0.571. The summed E-state index contributed by atoms with van der Waals surface area (Å²) in [7, 11) is 0. The summed E-state index contributed by atoms with van der Waals surface area (Å²) in [4.78, 5) is 2.61. The standard InChI is InChI=1S/C14H21IN2/c15-13-6-4-12(5-7-13)11-17-10-2-1-3-14(17)8-9-16/h4-7,14H,1-3,8-11,16H2. The van der Waals surface area contributed by atoms with Crippen LogP contribution < -0.4 is 5.73 Å². The Morgan fingerprint density at radius 2 is 2.00 bits per heavy atom. The highest BCUT2D eigenvalue weighted by Crippen LogP contribution is 2.21. The molecule has 0 aliphatic carbocycles. The fourth-order valence-corrected chi connectivity index (χ4v) is 2.97. The molecule has 1 fully saturated rings. The van der Waals surface area contributed by atoms with Crippen LogP contribution in [0.1, 0.15) is 31.2 Å². The molecule has 0 radical (unpaired) electrons. The van der Waals surface area contributed by atoms with Crippen molar-refractivity contribution in [3.05, 3.63) is 33.4 Å². The third-order valence-corrected chi connectivity index (χ3v) is 4.27. The Balaban J connectivity index is 1.97. The van der Waals surface area contributed by atoms with Gasteiger partial charge < -0.3 is 5.73 Å². The Bertz CT molecular complexity index is 335. The molecule has 94 valence electrons. The summed E-state index contributed by atoms with van der Waals surface area (Å²) in [5.74, 6) is 0. The highest BCUT2D eigenvalue weighted by molar-refractivity contribution is 14.1. The van der Waals surface area contributed by atoms with Crippen LogP contribution in [0.2, 0.25) is 0 Å². The lowest BCUT2D eigenvalue weighted by atomic mass is 9.98. The number of likely N-dealkylation sites (tertiary alicyclic amines) is 1. The first-order chi connectivity index (χ1) is 8.29. The van der Waals surface area contributed by atoms with Gasteiger partial charge in [0.15, 0.2) is 0 Å². The van der Waals surface area contributed by atoms with Crippen molar-refractivity contribution in [3.8, 4) is 0 Å². The van der Waals surface area contributed by atoms with Gasteiger partial charge in [0.25, 0.3) is 0 Å². The Morgan fingerprint density at radius 1 is 1.24 bits per heavy atom. The number of nitrogens with two attached hydrogens (primary N) is 1. The van der Waals surface area contributed by atoms with Crippen molar-refractivity contribution in [3.63, 3.8) is 0 Å². The zero-order valence-corrected chi connectivity index (χ0v) is 12.4. The maximum absolute atomic E-state index is 5.71. The molecule has 0 spiro atoms. The molecule has 0 amide bonds. The lowest BCUT2D eigenvalue weighted by Crippen LogP contribution is -2.40. The minimum absolute atomic E-state index is 0.702. The summed E-state index contributed by atoms with van der Waals surface area (Å²) in [5, 5.41) is 0. The van der Waals surface area contributed by atoms with Crippen LogP contribution in [-0.2, 0) is 6.54 Å². The van der Waals surface area contributed by atoms with E-state index >= 15 is 0 Å². The monoisotopic (exact) mass is 344 g/mol. The predicted molar refractivity (Wildman–Crippen MR) is 80.9 cm³/mol. The van der Waals surface area contributed by atoms with E-state index in [0.29, 0.717) is 6.04 Å². The molecule has 1 saturated heterocycles. The van der Waals surface area contributed by atoms with Gasteiger partial charge in [-0.05, 0) is 72.6 Å². The van der Waals surface area contributed by atoms with Crippen LogP contribution in [0, 0.1) is 3.57 Å². The number of halogens is 1. The van der Waals surface area contributed by atoms with Gasteiger partial charge in [0.2, 0.25) is 0 Å². The van der Waals surface area contributed by atoms with E-state index in [1.165, 1.54) is 34.9 Å². The third-order valence-electron chi connectivity index (χ3n) is 3.55. The summed E-state index contributed by atoms with van der Waals surface area (Å²) in [6.45, 7) is 3.13. The maximum Gasteiger partial charge on any atom is 0.0236 e. The van der Waals surface area contributed by atoms with Gasteiger partial charge in [0.1, 0.15) is 0 Å². The molecule has 0 saturated carbocycles. The molecule has 1 aromatic rings. The zero-order chi connectivity index (χ0) is 12.1. The molecule has 0 aromatic heterocycles. The highest BCUT2D eigenvalue weighted by atomic mass is 127. The number of nitrogens with zero attached hydrogens (tertiary/aromatic N) is 1. The average molecular weight is 344 g/mol. The van der Waals surface area contributed by atoms with Crippen molar-refractivity contribution < 1.29 is 0 Å². The highest BCUT2D eigenvalue weighted by Gasteiger charge is 2.21. The Hall–Kier alpha value is -0.130. The van der Waals surface area contributed by atoms with Gasteiger partial charge >= 0.3 is 0 Å². The van der Waals surface area contributed by atoms with Gasteiger partial charge in [-0.25, -0.2) is 0 Å². The number of hydrogen-bond acceptors (Lipinski definition) is 2. The predicted octanol–water partition coefficient (Wildman–Crippen LogP) is 2.99. The molecule has 1 aliphatic rings. The van der Waals surface area contributed by atoms with Crippen LogP contribution in [-0.4, -0.2) is 24.0 Å². The fourth-order valence-electron chi connectivity index (χ4n) is 2.61. The second kappa shape index (κ2) is 6.71. The average Bonchev–Trinajstić information content (AvgIpc) is 2.35. The van der Waals surface area contributed by atoms with Crippen molar-refractivity contribution in [1.29, 1.82) is 0 Å². The van der Waals surface area contributed by atoms with E-state index in [2.05, 4.69) is 51.8 Å². The van der Waals surface area contributed by atoms with Gasteiger partial charge in [-0.15, -0.1) is 0 Å². The van der Waals surface area contributed by atoms with E-state index in [4.69, 9.17) is 5.73 Å². The van der Waals surface area contributed by atoms with Crippen molar-refractivity contribution in [2.75, 3.05) is 13.1 Å². The van der Waals surface area contributed by atoms with Crippen molar-refractivity contribution in [2.45, 2.75) is 38.3 Å². The molecular weight excluding hydrogens is 323 g/mol. The smallest absolute Gasteiger partial charge is 0.0236 e. The van der Waals surface area contributed by atoms with Crippen LogP contribution in [0.5, 0.6) is 0 Å². The molecule has 0 bridgehead atoms. The minimum Gasteiger partial charge on any atom is -0.330 e. The molecule has 2 nitrogen and oxygen atoms in total. The van der Waals surface area contributed by atoms with Crippen LogP contribution in [0.15, 0.2) is 24.3 Å². The molecule has 3 heteroatoms. The zero-order valence-electron chi connectivity index (χ0n) is 10.2. The molecule has 1 aromatic carbocycles. The van der Waals surface area contributed by atoms with Crippen molar-refractivity contribution in [2.24, 2.45) is 5.73 Å². The lowest BCUT2D eigenvalue weighted by molar-refractivity contribution is 0.134. The first-order valence-corrected chi connectivity index (χ1v) is 7.56. The van der Waals surface area contributed by atoms with Crippen molar-refractivity contribution >= 4 is 22.6 Å². The molecule has 17 heavy (non-hydrogen) atoms. The third kappa shape index (κ3) is 3.93. The van der Waals surface area contributed by atoms with E-state index in [-0.39, 0.29) is 0 Å². The van der Waals surface area contributed by atoms with Crippen molar-refractivity contribution in [1.82, 2.24) is 4.90 Å². The lowest BCUT2D eigenvalue weighted by Gasteiger charge is -2.35. The molecule has 2 rings (SSSR count). The topological polar surface area (TPSA) is 29.3 Å². The molecule has 2 N–H and O–H groups in total. The Kier molecular flexibility index (Phi) is 5.25. The first kappa shape index (κ1) is 13.3. The second-order valence-corrected chi connectivity index (χ2v) is 6.07. The van der Waals surface area contributed by atoms with E-state index in [1.807, 2.05) is 0 Å². The van der Waals surface area contributed by atoms with E-state index in [0.717, 1.165) is 19.5 Å². The van der Waals surface area contributed by atoms with Gasteiger partial charge in [-0.1, -0.05) is 18.6 Å². The number of piperidine rings is 1. The van der Waals surface area contributed by atoms with Crippen LogP contribution in [0.25, 0.3) is 0 Å². The Labute approximate surface area is 118 Å². The summed E-state index contributed by atoms with van der Waals surface area (Å²) in [6.07, 6.45) is 5.17. The van der Waals surface area contributed by atoms with Crippen LogP contribution in [0.4, 0.5) is 0 Å². The first-order valence-electron chi connectivity index (χ1n) is 6.48. The van der Waals surface area contributed by atoms with Gasteiger partial charge in [-0.3, -0.25) is 4.90 Å². The summed E-state index contributed by atoms with van der Waals surface area (Å²) in [6, 6.07) is 9.58. The SMILES string of the molecule is NCCC1CCCCN1Cc1ccc(I)cc1. The normalized spacial score (nSPS) is 21.6. The Morgan fingerprint density at radius 3 is 2.71 bits per heavy atom. The quantitative estimate of drug-likeness (QED) is 0.851. The summed E-state index contributed by atoms with van der Waals surface area (Å²) in [5.41, 5.74) is 7.13. The summed E-state index contributed by atoms with van der Waals surface area (Å²) >= 11 is 2.35. The molecule has 1 heterocycles. The summed E-state index contributed by atoms with van der Waals surface area (Å²) < 4.78 is 1.31. The van der Waals surface area contributed by atoms with E-state index in [1.54, 1.807) is 0 Å². The molecule has 1 atom stereocenters. The second-order valence-electron chi connectivity index (χ2n) is 4.82. The number of benzene rings is 1. The van der Waals surface area contributed by atoms with Crippen LogP contribution >= 0.6 is 22.6 Å². The van der Waals surface area contributed by atoms with Gasteiger partial charge in [0, 0.05) is 16.2 Å². The molecule has 1 unspecified atom stereocenters.